The lowest BCUT2D eigenvalue weighted by atomic mass is 10.0. The Morgan fingerprint density at radius 3 is 2.81 bits per heavy atom. The molecule has 1 aromatic heterocycles. The summed E-state index contributed by atoms with van der Waals surface area (Å²) in [6, 6.07) is 0.615. The number of piperidine rings is 1. The highest BCUT2D eigenvalue weighted by Gasteiger charge is 2.27. The topological polar surface area (TPSA) is 48.7 Å². The predicted molar refractivity (Wildman–Crippen MR) is 118 cm³/mol. The van der Waals surface area contributed by atoms with E-state index in [0.29, 0.717) is 12.0 Å². The minimum Gasteiger partial charge on any atom is -0.357 e. The number of likely N-dealkylation sites (tertiary alicyclic amines) is 2. The van der Waals surface area contributed by atoms with Crippen LogP contribution in [0.4, 0.5) is 0 Å². The Bertz CT molecular complexity index is 572. The lowest BCUT2D eigenvalue weighted by Crippen LogP contribution is -2.44. The van der Waals surface area contributed by atoms with Crippen LogP contribution >= 0.6 is 24.0 Å². The largest absolute Gasteiger partial charge is 0.357 e. The smallest absolute Gasteiger partial charge is 0.193 e. The van der Waals surface area contributed by atoms with Crippen LogP contribution in [0.5, 0.6) is 0 Å². The molecule has 0 aromatic carbocycles. The number of hydrogen-bond acceptors (Lipinski definition) is 3. The Labute approximate surface area is 175 Å². The number of rotatable bonds is 5. The van der Waals surface area contributed by atoms with Gasteiger partial charge in [-0.25, -0.2) is 0 Å². The van der Waals surface area contributed by atoms with E-state index in [0.717, 1.165) is 38.7 Å². The monoisotopic (exact) mass is 474 g/mol. The van der Waals surface area contributed by atoms with E-state index >= 15 is 0 Å². The highest BCUT2D eigenvalue weighted by molar-refractivity contribution is 14.0. The second-order valence-electron chi connectivity index (χ2n) is 7.35. The molecule has 0 aliphatic carbocycles. The minimum absolute atomic E-state index is 0. The van der Waals surface area contributed by atoms with E-state index < -0.39 is 0 Å². The molecule has 1 aromatic rings. The molecule has 2 aliphatic heterocycles. The van der Waals surface area contributed by atoms with E-state index in [1.165, 1.54) is 37.8 Å². The van der Waals surface area contributed by atoms with Gasteiger partial charge in [0.2, 0.25) is 0 Å². The molecule has 0 spiro atoms. The summed E-state index contributed by atoms with van der Waals surface area (Å²) in [6.07, 6.45) is 9.32. The molecule has 2 unspecified atom stereocenters. The van der Waals surface area contributed by atoms with Gasteiger partial charge in [0.1, 0.15) is 0 Å². The number of nitrogens with one attached hydrogen (secondary N) is 1. The fourth-order valence-corrected chi connectivity index (χ4v) is 4.18. The van der Waals surface area contributed by atoms with Crippen LogP contribution in [0, 0.1) is 0 Å². The van der Waals surface area contributed by atoms with Crippen LogP contribution in [-0.4, -0.2) is 70.9 Å². The van der Waals surface area contributed by atoms with E-state index in [4.69, 9.17) is 4.99 Å². The maximum absolute atomic E-state index is 5.02. The Hall–Kier alpha value is -0.830. The number of hydrogen-bond donors (Lipinski definition) is 1. The molecule has 148 valence electrons. The van der Waals surface area contributed by atoms with E-state index in [2.05, 4.69) is 40.3 Å². The van der Waals surface area contributed by atoms with Gasteiger partial charge in [-0.05, 0) is 44.8 Å². The predicted octanol–water partition coefficient (Wildman–Crippen LogP) is 2.67. The first-order chi connectivity index (χ1) is 12.2. The molecular weight excluding hydrogens is 439 g/mol. The molecule has 0 amide bonds. The first-order valence-corrected chi connectivity index (χ1v) is 9.97. The Morgan fingerprint density at radius 1 is 1.27 bits per heavy atom. The molecule has 7 heteroatoms. The first-order valence-electron chi connectivity index (χ1n) is 9.97. The third kappa shape index (κ3) is 5.34. The average Bonchev–Trinajstić information content (AvgIpc) is 3.28. The van der Waals surface area contributed by atoms with Crippen molar-refractivity contribution in [3.05, 3.63) is 18.0 Å². The van der Waals surface area contributed by atoms with Gasteiger partial charge in [-0.2, -0.15) is 5.10 Å². The van der Waals surface area contributed by atoms with Crippen LogP contribution in [0.15, 0.2) is 17.4 Å². The lowest BCUT2D eigenvalue weighted by Gasteiger charge is -2.34. The standard InChI is InChI=1S/C19H34N6.HI/c1-4-20-19(21-13-18-8-6-7-10-24(18)5-2)25-11-9-16(15-25)17-12-22-23(3)14-17;/h12,14,16,18H,4-11,13,15H2,1-3H3,(H,20,21);1H. The molecule has 6 nitrogen and oxygen atoms in total. The maximum Gasteiger partial charge on any atom is 0.193 e. The molecular formula is C19H35IN6. The summed E-state index contributed by atoms with van der Waals surface area (Å²) in [7, 11) is 1.99. The number of halogens is 1. The van der Waals surface area contributed by atoms with Crippen molar-refractivity contribution in [3.63, 3.8) is 0 Å². The zero-order valence-electron chi connectivity index (χ0n) is 16.5. The van der Waals surface area contributed by atoms with Crippen LogP contribution in [0.2, 0.25) is 0 Å². The number of aliphatic imine (C=N–C) groups is 1. The maximum atomic E-state index is 5.02. The fourth-order valence-electron chi connectivity index (χ4n) is 4.18. The number of nitrogens with zero attached hydrogens (tertiary/aromatic N) is 5. The normalized spacial score (nSPS) is 24.6. The summed E-state index contributed by atoms with van der Waals surface area (Å²) in [5.41, 5.74) is 1.35. The van der Waals surface area contributed by atoms with Gasteiger partial charge >= 0.3 is 0 Å². The number of guanidine groups is 1. The van der Waals surface area contributed by atoms with Gasteiger partial charge in [0.15, 0.2) is 5.96 Å². The van der Waals surface area contributed by atoms with Crippen LogP contribution in [0.1, 0.15) is 51.0 Å². The zero-order valence-corrected chi connectivity index (χ0v) is 18.9. The third-order valence-electron chi connectivity index (χ3n) is 5.63. The fraction of sp³-hybridized carbons (Fsp3) is 0.789. The SMILES string of the molecule is CCNC(=NCC1CCCCN1CC)N1CCC(c2cnn(C)c2)C1.I. The van der Waals surface area contributed by atoms with E-state index in [9.17, 15) is 0 Å². The van der Waals surface area contributed by atoms with Gasteiger partial charge in [-0.1, -0.05) is 13.3 Å². The van der Waals surface area contributed by atoms with Gasteiger partial charge in [0.25, 0.3) is 0 Å². The van der Waals surface area contributed by atoms with E-state index in [-0.39, 0.29) is 24.0 Å². The summed E-state index contributed by atoms with van der Waals surface area (Å²) in [5, 5.41) is 7.84. The molecule has 2 fully saturated rings. The van der Waals surface area contributed by atoms with Crippen LogP contribution in [0.25, 0.3) is 0 Å². The van der Waals surface area contributed by atoms with Gasteiger partial charge < -0.3 is 10.2 Å². The molecule has 0 saturated carbocycles. The molecule has 2 saturated heterocycles. The highest BCUT2D eigenvalue weighted by atomic mass is 127. The summed E-state index contributed by atoms with van der Waals surface area (Å²) in [4.78, 5) is 10.0. The zero-order chi connectivity index (χ0) is 17.6. The van der Waals surface area contributed by atoms with Crippen molar-refractivity contribution in [2.24, 2.45) is 12.0 Å². The second kappa shape index (κ2) is 10.5. The van der Waals surface area contributed by atoms with Crippen LogP contribution in [-0.2, 0) is 7.05 Å². The quantitative estimate of drug-likeness (QED) is 0.405. The number of aryl methyl sites for hydroxylation is 1. The third-order valence-corrected chi connectivity index (χ3v) is 5.63. The summed E-state index contributed by atoms with van der Waals surface area (Å²) < 4.78 is 1.90. The minimum atomic E-state index is 0. The van der Waals surface area contributed by atoms with Crippen molar-refractivity contribution in [3.8, 4) is 0 Å². The van der Waals surface area contributed by atoms with Gasteiger partial charge in [0, 0.05) is 44.8 Å². The Kier molecular flexibility index (Phi) is 8.66. The molecule has 0 bridgehead atoms. The average molecular weight is 474 g/mol. The molecule has 2 aliphatic rings. The number of likely N-dealkylation sites (N-methyl/N-ethyl adjacent to an activating group) is 1. The molecule has 3 heterocycles. The van der Waals surface area contributed by atoms with Gasteiger partial charge in [-0.15, -0.1) is 24.0 Å². The Morgan fingerprint density at radius 2 is 2.12 bits per heavy atom. The van der Waals surface area contributed by atoms with Crippen molar-refractivity contribution in [2.45, 2.75) is 51.5 Å². The van der Waals surface area contributed by atoms with Crippen LogP contribution < -0.4 is 5.32 Å². The molecule has 2 atom stereocenters. The van der Waals surface area contributed by atoms with Crippen molar-refractivity contribution in [1.29, 1.82) is 0 Å². The molecule has 3 rings (SSSR count). The first kappa shape index (κ1) is 21.5. The van der Waals surface area contributed by atoms with Crippen molar-refractivity contribution < 1.29 is 0 Å². The van der Waals surface area contributed by atoms with Crippen molar-refractivity contribution >= 4 is 29.9 Å². The summed E-state index contributed by atoms with van der Waals surface area (Å²) >= 11 is 0. The molecule has 26 heavy (non-hydrogen) atoms. The Balaban J connectivity index is 0.00000243. The van der Waals surface area contributed by atoms with Gasteiger partial charge in [-0.3, -0.25) is 14.6 Å². The van der Waals surface area contributed by atoms with Crippen LogP contribution in [0.3, 0.4) is 0 Å². The highest BCUT2D eigenvalue weighted by Crippen LogP contribution is 2.26. The summed E-state index contributed by atoms with van der Waals surface area (Å²) in [6.45, 7) is 10.8. The molecule has 1 N–H and O–H groups in total. The van der Waals surface area contributed by atoms with Crippen molar-refractivity contribution in [2.75, 3.05) is 39.3 Å². The van der Waals surface area contributed by atoms with Crippen molar-refractivity contribution in [1.82, 2.24) is 24.9 Å². The lowest BCUT2D eigenvalue weighted by molar-refractivity contribution is 0.161. The number of aromatic nitrogens is 2. The molecule has 0 radical (unpaired) electrons. The van der Waals surface area contributed by atoms with E-state index in [1.807, 2.05) is 17.9 Å². The summed E-state index contributed by atoms with van der Waals surface area (Å²) in [5.74, 6) is 1.66. The van der Waals surface area contributed by atoms with E-state index in [1.54, 1.807) is 0 Å². The second-order valence-corrected chi connectivity index (χ2v) is 7.35. The van der Waals surface area contributed by atoms with Gasteiger partial charge in [0.05, 0.1) is 12.7 Å².